The van der Waals surface area contributed by atoms with Crippen LogP contribution in [0.15, 0.2) is 42.5 Å². The molecule has 0 bridgehead atoms. The van der Waals surface area contributed by atoms with E-state index in [1.807, 2.05) is 0 Å². The fourth-order valence-corrected chi connectivity index (χ4v) is 2.28. The van der Waals surface area contributed by atoms with Crippen LogP contribution in [0.4, 0.5) is 14.5 Å². The number of Topliss-reactive ketones (excluding diaryl/α,β-unsaturated/α-hetero) is 1. The molecule has 0 unspecified atom stereocenters. The Morgan fingerprint density at radius 2 is 1.64 bits per heavy atom. The number of halogens is 2. The van der Waals surface area contributed by atoms with Crippen LogP contribution in [0.3, 0.4) is 0 Å². The van der Waals surface area contributed by atoms with Crippen LogP contribution < -0.4 is 9.47 Å². The second kappa shape index (κ2) is 8.89. The molecule has 0 aliphatic heterocycles. The molecule has 28 heavy (non-hydrogen) atoms. The van der Waals surface area contributed by atoms with Gasteiger partial charge in [-0.05, 0) is 43.3 Å². The summed E-state index contributed by atoms with van der Waals surface area (Å²) in [5.41, 5.74) is -0.415. The van der Waals surface area contributed by atoms with Crippen molar-refractivity contribution >= 4 is 17.4 Å². The van der Waals surface area contributed by atoms with Crippen molar-refractivity contribution in [2.24, 2.45) is 0 Å². The Morgan fingerprint density at radius 1 is 1.04 bits per heavy atom. The largest absolute Gasteiger partial charge is 0.475 e. The molecule has 2 aromatic rings. The Balaban J connectivity index is 2.19. The maximum atomic E-state index is 12.4. The van der Waals surface area contributed by atoms with Crippen molar-refractivity contribution in [3.05, 3.63) is 63.7 Å². The number of ketones is 1. The highest BCUT2D eigenvalue weighted by atomic mass is 19.3. The van der Waals surface area contributed by atoms with E-state index in [4.69, 9.17) is 4.74 Å². The average Bonchev–Trinajstić information content (AvgIpc) is 2.67. The zero-order valence-corrected chi connectivity index (χ0v) is 14.8. The van der Waals surface area contributed by atoms with Crippen LogP contribution in [-0.4, -0.2) is 36.5 Å². The molecular weight excluding hydrogens is 380 g/mol. The second-order valence-electron chi connectivity index (χ2n) is 5.46. The first-order valence-corrected chi connectivity index (χ1v) is 7.85. The number of ether oxygens (including phenoxy) is 3. The number of rotatable bonds is 8. The summed E-state index contributed by atoms with van der Waals surface area (Å²) in [5, 5.41) is 11.2. The molecule has 0 N–H and O–H groups in total. The second-order valence-corrected chi connectivity index (χ2v) is 5.46. The maximum absolute atomic E-state index is 12.4. The van der Waals surface area contributed by atoms with E-state index >= 15 is 0 Å². The summed E-state index contributed by atoms with van der Waals surface area (Å²) in [4.78, 5) is 34.4. The van der Waals surface area contributed by atoms with Gasteiger partial charge in [-0.2, -0.15) is 8.78 Å². The molecule has 0 aromatic heterocycles. The van der Waals surface area contributed by atoms with Gasteiger partial charge in [0.15, 0.2) is 11.9 Å². The molecule has 10 heteroatoms. The van der Waals surface area contributed by atoms with Gasteiger partial charge in [-0.1, -0.05) is 0 Å². The molecule has 148 valence electrons. The Morgan fingerprint density at radius 3 is 2.18 bits per heavy atom. The van der Waals surface area contributed by atoms with Crippen LogP contribution in [0.1, 0.15) is 27.6 Å². The number of methoxy groups -OCH3 is 1. The van der Waals surface area contributed by atoms with Gasteiger partial charge in [-0.15, -0.1) is 0 Å². The number of hydrogen-bond donors (Lipinski definition) is 0. The third kappa shape index (κ3) is 5.00. The molecule has 8 nitrogen and oxygen atoms in total. The Labute approximate surface area is 157 Å². The minimum atomic E-state index is -2.99. The van der Waals surface area contributed by atoms with Crippen LogP contribution in [0.25, 0.3) is 0 Å². The number of nitro groups is 1. The minimum absolute atomic E-state index is 0.0462. The molecule has 1 atom stereocenters. The summed E-state index contributed by atoms with van der Waals surface area (Å²) >= 11 is 0. The van der Waals surface area contributed by atoms with Crippen LogP contribution in [0.5, 0.6) is 11.5 Å². The molecule has 0 aliphatic rings. The lowest BCUT2D eigenvalue weighted by molar-refractivity contribution is -0.386. The van der Waals surface area contributed by atoms with E-state index in [-0.39, 0.29) is 22.6 Å². The molecule has 0 heterocycles. The summed E-state index contributed by atoms with van der Waals surface area (Å²) in [5.74, 6) is -1.62. The molecule has 2 aromatic carbocycles. The molecule has 0 spiro atoms. The fourth-order valence-electron chi connectivity index (χ4n) is 2.28. The number of hydrogen-bond acceptors (Lipinski definition) is 7. The van der Waals surface area contributed by atoms with E-state index in [0.29, 0.717) is 0 Å². The Kier molecular flexibility index (Phi) is 6.59. The van der Waals surface area contributed by atoms with Crippen molar-refractivity contribution in [1.29, 1.82) is 0 Å². The highest BCUT2D eigenvalue weighted by Gasteiger charge is 2.24. The first kappa shape index (κ1) is 20.7. The van der Waals surface area contributed by atoms with E-state index in [2.05, 4.69) is 9.47 Å². The monoisotopic (exact) mass is 395 g/mol. The smallest absolute Gasteiger partial charge is 0.387 e. The van der Waals surface area contributed by atoms with Gasteiger partial charge < -0.3 is 14.2 Å². The summed E-state index contributed by atoms with van der Waals surface area (Å²) in [6, 6.07) is 8.37. The van der Waals surface area contributed by atoms with Crippen molar-refractivity contribution in [2.75, 3.05) is 7.11 Å². The third-order valence-electron chi connectivity index (χ3n) is 3.61. The van der Waals surface area contributed by atoms with Crippen LogP contribution in [0.2, 0.25) is 0 Å². The molecule has 0 fully saturated rings. The summed E-state index contributed by atoms with van der Waals surface area (Å²) in [7, 11) is 1.14. The topological polar surface area (TPSA) is 105 Å². The van der Waals surface area contributed by atoms with E-state index < -0.39 is 35.1 Å². The van der Waals surface area contributed by atoms with E-state index in [1.165, 1.54) is 43.3 Å². The molecule has 0 saturated carbocycles. The van der Waals surface area contributed by atoms with Crippen molar-refractivity contribution < 1.29 is 37.5 Å². The van der Waals surface area contributed by atoms with Crippen LogP contribution in [-0.2, 0) is 4.74 Å². The number of nitro benzene ring substituents is 1. The van der Waals surface area contributed by atoms with Crippen molar-refractivity contribution in [3.63, 3.8) is 0 Å². The van der Waals surface area contributed by atoms with Gasteiger partial charge in [0.05, 0.1) is 17.6 Å². The Hall–Kier alpha value is -3.56. The lowest BCUT2D eigenvalue weighted by Crippen LogP contribution is -2.24. The molecule has 0 saturated heterocycles. The molecule has 2 rings (SSSR count). The third-order valence-corrected chi connectivity index (χ3v) is 3.61. The van der Waals surface area contributed by atoms with Crippen LogP contribution in [0, 0.1) is 10.1 Å². The summed E-state index contributed by atoms with van der Waals surface area (Å²) in [6.45, 7) is -1.61. The van der Waals surface area contributed by atoms with E-state index in [9.17, 15) is 28.5 Å². The zero-order valence-electron chi connectivity index (χ0n) is 14.8. The SMILES string of the molecule is COC(=O)c1ccc(O[C@H](C)C(=O)c2ccc(OC(F)F)cc2)c([N+](=O)[O-])c1. The number of alkyl halides is 2. The van der Waals surface area contributed by atoms with Crippen molar-refractivity contribution in [3.8, 4) is 11.5 Å². The molecule has 0 amide bonds. The lowest BCUT2D eigenvalue weighted by Gasteiger charge is -2.14. The van der Waals surface area contributed by atoms with E-state index in [0.717, 1.165) is 13.2 Å². The molecule has 0 radical (unpaired) electrons. The molecular formula is C18H15F2NO7. The number of carbonyl (C=O) groups excluding carboxylic acids is 2. The number of carbonyl (C=O) groups is 2. The highest BCUT2D eigenvalue weighted by Crippen LogP contribution is 2.29. The van der Waals surface area contributed by atoms with Gasteiger partial charge in [0.25, 0.3) is 0 Å². The predicted molar refractivity (Wildman–Crippen MR) is 91.9 cm³/mol. The van der Waals surface area contributed by atoms with Crippen molar-refractivity contribution in [2.45, 2.75) is 19.6 Å². The number of benzene rings is 2. The summed E-state index contributed by atoms with van der Waals surface area (Å²) in [6.07, 6.45) is -1.12. The van der Waals surface area contributed by atoms with Gasteiger partial charge in [0.1, 0.15) is 5.75 Å². The average molecular weight is 395 g/mol. The minimum Gasteiger partial charge on any atom is -0.475 e. The first-order valence-electron chi connectivity index (χ1n) is 7.85. The van der Waals surface area contributed by atoms with Gasteiger partial charge in [0, 0.05) is 11.6 Å². The molecule has 0 aliphatic carbocycles. The standard InChI is InChI=1S/C18H15F2NO7/c1-10(16(22)11-3-6-13(7-4-11)28-18(19)20)27-15-8-5-12(17(23)26-2)9-14(15)21(24)25/h3-10,18H,1-2H3/t10-/m1/s1. The lowest BCUT2D eigenvalue weighted by atomic mass is 10.1. The number of nitrogens with zero attached hydrogens (tertiary/aromatic N) is 1. The fraction of sp³-hybridized carbons (Fsp3) is 0.222. The zero-order chi connectivity index (χ0) is 20.8. The maximum Gasteiger partial charge on any atom is 0.387 e. The van der Waals surface area contributed by atoms with Gasteiger partial charge in [-0.25, -0.2) is 4.79 Å². The predicted octanol–water partition coefficient (Wildman–Crippen LogP) is 3.63. The number of esters is 1. The Bertz CT molecular complexity index is 884. The van der Waals surface area contributed by atoms with Crippen molar-refractivity contribution in [1.82, 2.24) is 0 Å². The van der Waals surface area contributed by atoms with Gasteiger partial charge in [-0.3, -0.25) is 14.9 Å². The van der Waals surface area contributed by atoms with Gasteiger partial charge >= 0.3 is 18.3 Å². The van der Waals surface area contributed by atoms with Gasteiger partial charge in [0.2, 0.25) is 5.78 Å². The normalized spacial score (nSPS) is 11.6. The summed E-state index contributed by atoms with van der Waals surface area (Å²) < 4.78 is 38.4. The van der Waals surface area contributed by atoms with E-state index in [1.54, 1.807) is 0 Å². The van der Waals surface area contributed by atoms with Crippen LogP contribution >= 0.6 is 0 Å². The highest BCUT2D eigenvalue weighted by molar-refractivity contribution is 5.99. The first-order chi connectivity index (χ1) is 13.2. The quantitative estimate of drug-likeness (QED) is 0.291.